The number of amides is 2. The molecule has 178 valence electrons. The third kappa shape index (κ3) is 9.06. The third-order valence-corrected chi connectivity index (χ3v) is 5.35. The van der Waals surface area contributed by atoms with Crippen LogP contribution in [0.3, 0.4) is 0 Å². The molecule has 0 aromatic heterocycles. The Hall–Kier alpha value is -3.19. The summed E-state index contributed by atoms with van der Waals surface area (Å²) in [4.78, 5) is 38.1. The van der Waals surface area contributed by atoms with E-state index in [0.717, 1.165) is 11.1 Å². The minimum absolute atomic E-state index is 0.146. The van der Waals surface area contributed by atoms with Crippen LogP contribution in [0.25, 0.3) is 0 Å². The van der Waals surface area contributed by atoms with Gasteiger partial charge in [-0.05, 0) is 36.3 Å². The SMILES string of the molecule is COC(=O)[C@@H](Cc1ccccc1)NC(=O)[C@H](CC(C)C)NC(=O)[C@@H](N)CCc1ccccc1. The van der Waals surface area contributed by atoms with Crippen molar-refractivity contribution in [3.8, 4) is 0 Å². The standard InChI is InChI=1S/C26H35N3O4/c1-18(2)16-22(28-24(30)21(27)15-14-19-10-6-4-7-11-19)25(31)29-23(26(32)33-3)17-20-12-8-5-9-13-20/h4-13,18,21-23H,14-17,27H2,1-3H3,(H,28,30)(H,29,31)/t21-,22-,23+/m0/s1. The van der Waals surface area contributed by atoms with E-state index in [2.05, 4.69) is 10.6 Å². The minimum Gasteiger partial charge on any atom is -0.467 e. The molecule has 3 atom stereocenters. The number of benzene rings is 2. The molecule has 0 heterocycles. The van der Waals surface area contributed by atoms with Crippen LogP contribution in [-0.2, 0) is 32.0 Å². The number of aryl methyl sites for hydroxylation is 1. The van der Waals surface area contributed by atoms with Gasteiger partial charge in [-0.25, -0.2) is 4.79 Å². The first kappa shape index (κ1) is 26.1. The van der Waals surface area contributed by atoms with E-state index in [1.54, 1.807) is 0 Å². The summed E-state index contributed by atoms with van der Waals surface area (Å²) in [6.45, 7) is 3.92. The van der Waals surface area contributed by atoms with E-state index in [9.17, 15) is 14.4 Å². The van der Waals surface area contributed by atoms with Crippen LogP contribution < -0.4 is 16.4 Å². The highest BCUT2D eigenvalue weighted by Gasteiger charge is 2.29. The fraction of sp³-hybridized carbons (Fsp3) is 0.423. The summed E-state index contributed by atoms with van der Waals surface area (Å²) < 4.78 is 4.88. The monoisotopic (exact) mass is 453 g/mol. The second-order valence-corrected chi connectivity index (χ2v) is 8.60. The van der Waals surface area contributed by atoms with Gasteiger partial charge < -0.3 is 21.1 Å². The molecule has 0 unspecified atom stereocenters. The molecular weight excluding hydrogens is 418 g/mol. The van der Waals surface area contributed by atoms with Gasteiger partial charge in [0.25, 0.3) is 0 Å². The predicted octanol–water partition coefficient (Wildman–Crippen LogP) is 2.38. The van der Waals surface area contributed by atoms with Crippen LogP contribution in [0.1, 0.15) is 37.8 Å². The molecule has 4 N–H and O–H groups in total. The zero-order chi connectivity index (χ0) is 24.2. The zero-order valence-electron chi connectivity index (χ0n) is 19.6. The van der Waals surface area contributed by atoms with Crippen molar-refractivity contribution in [2.75, 3.05) is 7.11 Å². The van der Waals surface area contributed by atoms with E-state index in [1.807, 2.05) is 74.5 Å². The second kappa shape index (κ2) is 13.4. The van der Waals surface area contributed by atoms with Crippen LogP contribution in [0.4, 0.5) is 0 Å². The van der Waals surface area contributed by atoms with Crippen molar-refractivity contribution in [3.05, 3.63) is 71.8 Å². The van der Waals surface area contributed by atoms with Gasteiger partial charge in [-0.2, -0.15) is 0 Å². The Labute approximate surface area is 196 Å². The lowest BCUT2D eigenvalue weighted by atomic mass is 10.00. The largest absolute Gasteiger partial charge is 0.467 e. The van der Waals surface area contributed by atoms with Crippen LogP contribution in [-0.4, -0.2) is 43.0 Å². The predicted molar refractivity (Wildman–Crippen MR) is 128 cm³/mol. The number of carbonyl (C=O) groups is 3. The average molecular weight is 454 g/mol. The molecule has 33 heavy (non-hydrogen) atoms. The lowest BCUT2D eigenvalue weighted by Gasteiger charge is -2.24. The van der Waals surface area contributed by atoms with Gasteiger partial charge in [0.2, 0.25) is 11.8 Å². The van der Waals surface area contributed by atoms with Gasteiger partial charge >= 0.3 is 5.97 Å². The number of methoxy groups -OCH3 is 1. The molecule has 0 aliphatic carbocycles. The maximum atomic E-state index is 13.1. The summed E-state index contributed by atoms with van der Waals surface area (Å²) in [6, 6.07) is 16.7. The Balaban J connectivity index is 2.02. The number of esters is 1. The van der Waals surface area contributed by atoms with Crippen molar-refractivity contribution in [1.82, 2.24) is 10.6 Å². The number of nitrogens with two attached hydrogens (primary N) is 1. The lowest BCUT2D eigenvalue weighted by molar-refractivity contribution is -0.145. The molecular formula is C26H35N3O4. The molecule has 0 saturated carbocycles. The summed E-state index contributed by atoms with van der Waals surface area (Å²) in [7, 11) is 1.28. The summed E-state index contributed by atoms with van der Waals surface area (Å²) in [6.07, 6.45) is 1.84. The first-order valence-corrected chi connectivity index (χ1v) is 11.3. The quantitative estimate of drug-likeness (QED) is 0.428. The van der Waals surface area contributed by atoms with E-state index < -0.39 is 30.0 Å². The fourth-order valence-corrected chi connectivity index (χ4v) is 3.54. The lowest BCUT2D eigenvalue weighted by Crippen LogP contribution is -2.55. The van der Waals surface area contributed by atoms with Gasteiger partial charge in [0.1, 0.15) is 12.1 Å². The van der Waals surface area contributed by atoms with Crippen molar-refractivity contribution in [1.29, 1.82) is 0 Å². The number of hydrogen-bond donors (Lipinski definition) is 3. The Morgan fingerprint density at radius 1 is 0.848 bits per heavy atom. The maximum absolute atomic E-state index is 13.1. The molecule has 2 aromatic rings. The first-order chi connectivity index (χ1) is 15.8. The normalized spacial score (nSPS) is 13.6. The Morgan fingerprint density at radius 3 is 1.94 bits per heavy atom. The smallest absolute Gasteiger partial charge is 0.328 e. The van der Waals surface area contributed by atoms with Crippen LogP contribution in [0.2, 0.25) is 0 Å². The Kier molecular flexibility index (Phi) is 10.6. The van der Waals surface area contributed by atoms with E-state index in [0.29, 0.717) is 19.3 Å². The van der Waals surface area contributed by atoms with E-state index >= 15 is 0 Å². The van der Waals surface area contributed by atoms with Gasteiger partial charge in [-0.15, -0.1) is 0 Å². The number of hydrogen-bond acceptors (Lipinski definition) is 5. The van der Waals surface area contributed by atoms with Crippen molar-refractivity contribution >= 4 is 17.8 Å². The van der Waals surface area contributed by atoms with Crippen LogP contribution in [0.5, 0.6) is 0 Å². The van der Waals surface area contributed by atoms with Gasteiger partial charge in [0.15, 0.2) is 0 Å². The number of nitrogens with one attached hydrogen (secondary N) is 2. The highest BCUT2D eigenvalue weighted by atomic mass is 16.5. The topological polar surface area (TPSA) is 111 Å². The molecule has 0 aliphatic heterocycles. The molecule has 0 spiro atoms. The maximum Gasteiger partial charge on any atom is 0.328 e. The molecule has 7 nitrogen and oxygen atoms in total. The summed E-state index contributed by atoms with van der Waals surface area (Å²) in [5, 5.41) is 5.54. The molecule has 7 heteroatoms. The van der Waals surface area contributed by atoms with E-state index in [1.165, 1.54) is 7.11 Å². The van der Waals surface area contributed by atoms with E-state index in [-0.39, 0.29) is 18.2 Å². The number of carbonyl (C=O) groups excluding carboxylic acids is 3. The molecule has 2 rings (SSSR count). The second-order valence-electron chi connectivity index (χ2n) is 8.60. The van der Waals surface area contributed by atoms with Gasteiger partial charge in [0.05, 0.1) is 13.2 Å². The summed E-state index contributed by atoms with van der Waals surface area (Å²) in [5.74, 6) is -1.21. The number of ether oxygens (including phenoxy) is 1. The van der Waals surface area contributed by atoms with Crippen molar-refractivity contribution in [3.63, 3.8) is 0 Å². The van der Waals surface area contributed by atoms with Crippen molar-refractivity contribution in [2.45, 2.75) is 57.7 Å². The summed E-state index contributed by atoms with van der Waals surface area (Å²) in [5.41, 5.74) is 8.09. The zero-order valence-corrected chi connectivity index (χ0v) is 19.6. The molecule has 0 aliphatic rings. The summed E-state index contributed by atoms with van der Waals surface area (Å²) >= 11 is 0. The average Bonchev–Trinajstić information content (AvgIpc) is 2.82. The molecule has 0 bridgehead atoms. The van der Waals surface area contributed by atoms with Crippen molar-refractivity contribution in [2.24, 2.45) is 11.7 Å². The Morgan fingerprint density at radius 2 is 1.39 bits per heavy atom. The highest BCUT2D eigenvalue weighted by molar-refractivity contribution is 5.92. The number of rotatable bonds is 12. The van der Waals surface area contributed by atoms with Crippen LogP contribution in [0, 0.1) is 5.92 Å². The third-order valence-electron chi connectivity index (χ3n) is 5.35. The highest BCUT2D eigenvalue weighted by Crippen LogP contribution is 2.10. The fourth-order valence-electron chi connectivity index (χ4n) is 3.54. The van der Waals surface area contributed by atoms with Gasteiger partial charge in [0, 0.05) is 6.42 Å². The minimum atomic E-state index is -0.858. The molecule has 0 radical (unpaired) electrons. The Bertz CT molecular complexity index is 887. The molecule has 0 fully saturated rings. The van der Waals surface area contributed by atoms with Crippen LogP contribution in [0.15, 0.2) is 60.7 Å². The first-order valence-electron chi connectivity index (χ1n) is 11.3. The van der Waals surface area contributed by atoms with Crippen molar-refractivity contribution < 1.29 is 19.1 Å². The van der Waals surface area contributed by atoms with E-state index in [4.69, 9.17) is 10.5 Å². The van der Waals surface area contributed by atoms with Gasteiger partial charge in [-0.1, -0.05) is 74.5 Å². The molecule has 2 aromatic carbocycles. The van der Waals surface area contributed by atoms with Gasteiger partial charge in [-0.3, -0.25) is 9.59 Å². The molecule has 2 amide bonds. The van der Waals surface area contributed by atoms with Crippen LogP contribution >= 0.6 is 0 Å². The molecule has 0 saturated heterocycles.